The monoisotopic (exact) mass is 186 g/mol. The van der Waals surface area contributed by atoms with Gasteiger partial charge in [-0.05, 0) is 31.8 Å². The summed E-state index contributed by atoms with van der Waals surface area (Å²) in [6.07, 6.45) is 2.28. The second kappa shape index (κ2) is 5.94. The number of nitrogens with one attached hydrogen (secondary N) is 2. The average molecular weight is 186 g/mol. The highest BCUT2D eigenvalue weighted by Crippen LogP contribution is 2.07. The fourth-order valence-corrected chi connectivity index (χ4v) is 1.29. The maximum Gasteiger partial charge on any atom is 0.220 e. The summed E-state index contributed by atoms with van der Waals surface area (Å²) in [5, 5.41) is 14.5. The van der Waals surface area contributed by atoms with Gasteiger partial charge in [0, 0.05) is 19.6 Å². The van der Waals surface area contributed by atoms with Crippen molar-refractivity contribution in [1.29, 1.82) is 0 Å². The van der Waals surface area contributed by atoms with Crippen molar-refractivity contribution in [2.45, 2.75) is 19.3 Å². The van der Waals surface area contributed by atoms with Gasteiger partial charge in [-0.1, -0.05) is 0 Å². The SMILES string of the molecule is O=C(CC1CNC1)NCCCCO. The minimum Gasteiger partial charge on any atom is -0.396 e. The molecule has 0 unspecified atom stereocenters. The summed E-state index contributed by atoms with van der Waals surface area (Å²) in [4.78, 5) is 11.2. The van der Waals surface area contributed by atoms with Crippen LogP contribution in [0.3, 0.4) is 0 Å². The number of aliphatic hydroxyl groups is 1. The molecule has 0 atom stereocenters. The van der Waals surface area contributed by atoms with Crippen molar-refractivity contribution < 1.29 is 9.90 Å². The van der Waals surface area contributed by atoms with Crippen LogP contribution >= 0.6 is 0 Å². The Kier molecular flexibility index (Phi) is 4.78. The third-order valence-corrected chi connectivity index (χ3v) is 2.25. The van der Waals surface area contributed by atoms with Crippen molar-refractivity contribution >= 4 is 5.91 Å². The number of amides is 1. The zero-order valence-corrected chi connectivity index (χ0v) is 7.88. The van der Waals surface area contributed by atoms with E-state index in [9.17, 15) is 4.79 Å². The van der Waals surface area contributed by atoms with E-state index >= 15 is 0 Å². The molecular formula is C9H18N2O2. The minimum atomic E-state index is 0.143. The van der Waals surface area contributed by atoms with Crippen LogP contribution in [0.4, 0.5) is 0 Å². The molecule has 1 rings (SSSR count). The standard InChI is InChI=1S/C9H18N2O2/c12-4-2-1-3-11-9(13)5-8-6-10-7-8/h8,10,12H,1-7H2,(H,11,13). The van der Waals surface area contributed by atoms with Gasteiger partial charge in [0.2, 0.25) is 5.91 Å². The van der Waals surface area contributed by atoms with Crippen LogP contribution in [0, 0.1) is 5.92 Å². The predicted octanol–water partition coefficient (Wildman–Crippen LogP) is -0.515. The Balaban J connectivity index is 1.91. The van der Waals surface area contributed by atoms with Gasteiger partial charge in [0.05, 0.1) is 0 Å². The molecule has 4 nitrogen and oxygen atoms in total. The number of hydrogen-bond donors (Lipinski definition) is 3. The first-order valence-corrected chi connectivity index (χ1v) is 4.91. The molecule has 1 aliphatic heterocycles. The summed E-state index contributed by atoms with van der Waals surface area (Å²) in [5.74, 6) is 0.683. The van der Waals surface area contributed by atoms with Gasteiger partial charge in [-0.25, -0.2) is 0 Å². The molecule has 0 aromatic carbocycles. The number of aliphatic hydroxyl groups excluding tert-OH is 1. The molecule has 0 bridgehead atoms. The van der Waals surface area contributed by atoms with E-state index in [0.29, 0.717) is 18.9 Å². The fourth-order valence-electron chi connectivity index (χ4n) is 1.29. The molecule has 1 heterocycles. The second-order valence-electron chi connectivity index (χ2n) is 3.51. The lowest BCUT2D eigenvalue weighted by atomic mass is 9.99. The van der Waals surface area contributed by atoms with E-state index in [0.717, 1.165) is 25.9 Å². The molecule has 1 saturated heterocycles. The van der Waals surface area contributed by atoms with Crippen LogP contribution in [0.25, 0.3) is 0 Å². The summed E-state index contributed by atoms with van der Waals surface area (Å²) in [6.45, 7) is 2.86. The van der Waals surface area contributed by atoms with Crippen LogP contribution in [-0.4, -0.2) is 37.3 Å². The number of rotatable bonds is 6. The summed E-state index contributed by atoms with van der Waals surface area (Å²) in [5.41, 5.74) is 0. The molecule has 0 saturated carbocycles. The van der Waals surface area contributed by atoms with Crippen LogP contribution in [0.1, 0.15) is 19.3 Å². The molecular weight excluding hydrogens is 168 g/mol. The summed E-state index contributed by atoms with van der Waals surface area (Å²) in [7, 11) is 0. The highest BCUT2D eigenvalue weighted by Gasteiger charge is 2.19. The Labute approximate surface area is 78.7 Å². The van der Waals surface area contributed by atoms with Crippen LogP contribution in [0.5, 0.6) is 0 Å². The Morgan fingerprint density at radius 1 is 1.46 bits per heavy atom. The number of carbonyl (C=O) groups is 1. The van der Waals surface area contributed by atoms with E-state index in [-0.39, 0.29) is 12.5 Å². The Morgan fingerprint density at radius 2 is 2.23 bits per heavy atom. The summed E-state index contributed by atoms with van der Waals surface area (Å²) < 4.78 is 0. The van der Waals surface area contributed by atoms with Crippen molar-refractivity contribution in [3.8, 4) is 0 Å². The highest BCUT2D eigenvalue weighted by molar-refractivity contribution is 5.76. The number of unbranched alkanes of at least 4 members (excludes halogenated alkanes) is 1. The van der Waals surface area contributed by atoms with Gasteiger partial charge in [0.25, 0.3) is 0 Å². The maximum atomic E-state index is 11.2. The van der Waals surface area contributed by atoms with Crippen molar-refractivity contribution in [3.63, 3.8) is 0 Å². The van der Waals surface area contributed by atoms with Gasteiger partial charge in [0.1, 0.15) is 0 Å². The van der Waals surface area contributed by atoms with Crippen molar-refractivity contribution in [2.24, 2.45) is 5.92 Å². The maximum absolute atomic E-state index is 11.2. The van der Waals surface area contributed by atoms with Crippen LogP contribution in [0.2, 0.25) is 0 Å². The van der Waals surface area contributed by atoms with Crippen LogP contribution in [0.15, 0.2) is 0 Å². The van der Waals surface area contributed by atoms with Crippen molar-refractivity contribution in [2.75, 3.05) is 26.2 Å². The molecule has 0 spiro atoms. The first-order chi connectivity index (χ1) is 6.33. The lowest BCUT2D eigenvalue weighted by Gasteiger charge is -2.26. The van der Waals surface area contributed by atoms with E-state index in [1.54, 1.807) is 0 Å². The van der Waals surface area contributed by atoms with E-state index in [1.165, 1.54) is 0 Å². The first-order valence-electron chi connectivity index (χ1n) is 4.91. The molecule has 4 heteroatoms. The first kappa shape index (κ1) is 10.5. The Morgan fingerprint density at radius 3 is 2.77 bits per heavy atom. The normalized spacial score (nSPS) is 16.7. The van der Waals surface area contributed by atoms with E-state index in [1.807, 2.05) is 0 Å². The van der Waals surface area contributed by atoms with Gasteiger partial charge in [-0.15, -0.1) is 0 Å². The minimum absolute atomic E-state index is 0.143. The predicted molar refractivity (Wildman–Crippen MR) is 50.3 cm³/mol. The summed E-state index contributed by atoms with van der Waals surface area (Å²) in [6, 6.07) is 0. The van der Waals surface area contributed by atoms with Gasteiger partial charge < -0.3 is 15.7 Å². The zero-order chi connectivity index (χ0) is 9.52. The third kappa shape index (κ3) is 4.24. The largest absolute Gasteiger partial charge is 0.396 e. The van der Waals surface area contributed by atoms with E-state index in [2.05, 4.69) is 10.6 Å². The van der Waals surface area contributed by atoms with Gasteiger partial charge in [0.15, 0.2) is 0 Å². The molecule has 0 aliphatic carbocycles. The third-order valence-electron chi connectivity index (χ3n) is 2.25. The molecule has 0 radical (unpaired) electrons. The van der Waals surface area contributed by atoms with Crippen LogP contribution in [-0.2, 0) is 4.79 Å². The number of hydrogen-bond acceptors (Lipinski definition) is 3. The van der Waals surface area contributed by atoms with E-state index < -0.39 is 0 Å². The van der Waals surface area contributed by atoms with Gasteiger partial charge >= 0.3 is 0 Å². The average Bonchev–Trinajstić information content (AvgIpc) is 2.06. The highest BCUT2D eigenvalue weighted by atomic mass is 16.2. The zero-order valence-electron chi connectivity index (χ0n) is 7.88. The van der Waals surface area contributed by atoms with Crippen molar-refractivity contribution in [1.82, 2.24) is 10.6 Å². The van der Waals surface area contributed by atoms with Gasteiger partial charge in [-0.3, -0.25) is 4.79 Å². The molecule has 13 heavy (non-hydrogen) atoms. The Hall–Kier alpha value is -0.610. The molecule has 3 N–H and O–H groups in total. The lowest BCUT2D eigenvalue weighted by Crippen LogP contribution is -2.44. The van der Waals surface area contributed by atoms with E-state index in [4.69, 9.17) is 5.11 Å². The molecule has 0 aromatic heterocycles. The molecule has 0 aromatic rings. The molecule has 1 aliphatic rings. The molecule has 1 fully saturated rings. The smallest absolute Gasteiger partial charge is 0.220 e. The molecule has 76 valence electrons. The van der Waals surface area contributed by atoms with Crippen molar-refractivity contribution in [3.05, 3.63) is 0 Å². The Bertz CT molecular complexity index is 158. The topological polar surface area (TPSA) is 61.4 Å². The van der Waals surface area contributed by atoms with Crippen LogP contribution < -0.4 is 10.6 Å². The quantitative estimate of drug-likeness (QED) is 0.489. The molecule has 1 amide bonds. The fraction of sp³-hybridized carbons (Fsp3) is 0.889. The van der Waals surface area contributed by atoms with Gasteiger partial charge in [-0.2, -0.15) is 0 Å². The summed E-state index contributed by atoms with van der Waals surface area (Å²) >= 11 is 0. The second-order valence-corrected chi connectivity index (χ2v) is 3.51. The number of carbonyl (C=O) groups excluding carboxylic acids is 1. The lowest BCUT2D eigenvalue weighted by molar-refractivity contribution is -0.122.